The largest absolute Gasteiger partial charge is 0.494 e. The van der Waals surface area contributed by atoms with Crippen LogP contribution in [0.2, 0.25) is 0 Å². The molecule has 0 aromatic heterocycles. The molecule has 0 aliphatic rings. The predicted molar refractivity (Wildman–Crippen MR) is 93.9 cm³/mol. The van der Waals surface area contributed by atoms with E-state index in [2.05, 4.69) is 12.2 Å². The zero-order valence-corrected chi connectivity index (χ0v) is 14.2. The zero-order chi connectivity index (χ0) is 17.4. The van der Waals surface area contributed by atoms with E-state index in [9.17, 15) is 4.79 Å². The highest BCUT2D eigenvalue weighted by atomic mass is 16.5. The molecule has 1 unspecified atom stereocenters. The highest BCUT2D eigenvalue weighted by molar-refractivity contribution is 5.94. The van der Waals surface area contributed by atoms with Crippen LogP contribution in [-0.2, 0) is 4.79 Å². The van der Waals surface area contributed by atoms with E-state index in [1.165, 1.54) is 0 Å². The van der Waals surface area contributed by atoms with Crippen molar-refractivity contribution >= 4 is 11.6 Å². The Morgan fingerprint density at radius 3 is 2.38 bits per heavy atom. The van der Waals surface area contributed by atoms with Crippen LogP contribution >= 0.6 is 0 Å². The van der Waals surface area contributed by atoms with E-state index in [0.717, 1.165) is 12.2 Å². The van der Waals surface area contributed by atoms with Gasteiger partial charge in [0.1, 0.15) is 5.75 Å². The molecule has 5 heteroatoms. The number of hydrogen-bond acceptors (Lipinski definition) is 4. The fourth-order valence-electron chi connectivity index (χ4n) is 2.06. The van der Waals surface area contributed by atoms with E-state index in [4.69, 9.17) is 14.2 Å². The lowest BCUT2D eigenvalue weighted by Gasteiger charge is -2.16. The molecule has 0 bridgehead atoms. The molecule has 0 aliphatic carbocycles. The molecule has 2 rings (SSSR count). The summed E-state index contributed by atoms with van der Waals surface area (Å²) < 4.78 is 16.4. The van der Waals surface area contributed by atoms with Crippen LogP contribution in [-0.4, -0.2) is 25.7 Å². The smallest absolute Gasteiger partial charge is 0.265 e. The molecule has 2 aromatic rings. The molecule has 5 nitrogen and oxygen atoms in total. The van der Waals surface area contributed by atoms with Crippen molar-refractivity contribution in [2.24, 2.45) is 0 Å². The third-order valence-corrected chi connectivity index (χ3v) is 3.34. The number of ether oxygens (including phenoxy) is 3. The summed E-state index contributed by atoms with van der Waals surface area (Å²) in [5.41, 5.74) is 0.694. The number of carbonyl (C=O) groups excluding carboxylic acids is 1. The molecule has 0 fully saturated rings. The maximum Gasteiger partial charge on any atom is 0.265 e. The van der Waals surface area contributed by atoms with Gasteiger partial charge in [-0.1, -0.05) is 19.1 Å². The number of amides is 1. The third-order valence-electron chi connectivity index (χ3n) is 3.34. The Morgan fingerprint density at radius 2 is 1.75 bits per heavy atom. The number of para-hydroxylation sites is 2. The Balaban J connectivity index is 1.93. The Labute approximate surface area is 142 Å². The lowest BCUT2D eigenvalue weighted by atomic mass is 10.2. The van der Waals surface area contributed by atoms with Crippen molar-refractivity contribution in [3.63, 3.8) is 0 Å². The topological polar surface area (TPSA) is 56.8 Å². The van der Waals surface area contributed by atoms with Gasteiger partial charge in [-0.2, -0.15) is 0 Å². The summed E-state index contributed by atoms with van der Waals surface area (Å²) in [4.78, 5) is 12.3. The van der Waals surface area contributed by atoms with Gasteiger partial charge < -0.3 is 19.5 Å². The molecular formula is C19H23NO4. The second kappa shape index (κ2) is 8.82. The van der Waals surface area contributed by atoms with Gasteiger partial charge >= 0.3 is 0 Å². The minimum absolute atomic E-state index is 0.233. The van der Waals surface area contributed by atoms with E-state index in [-0.39, 0.29) is 5.91 Å². The van der Waals surface area contributed by atoms with Crippen LogP contribution in [0.4, 0.5) is 5.69 Å². The van der Waals surface area contributed by atoms with Gasteiger partial charge in [-0.3, -0.25) is 4.79 Å². The van der Waals surface area contributed by atoms with Crippen molar-refractivity contribution in [3.8, 4) is 17.2 Å². The highest BCUT2D eigenvalue weighted by Gasteiger charge is 2.16. The van der Waals surface area contributed by atoms with Crippen molar-refractivity contribution in [2.45, 2.75) is 26.4 Å². The van der Waals surface area contributed by atoms with Gasteiger partial charge in [0.05, 0.1) is 13.7 Å². The highest BCUT2D eigenvalue weighted by Crippen LogP contribution is 2.27. The number of rotatable bonds is 8. The summed E-state index contributed by atoms with van der Waals surface area (Å²) in [5, 5.41) is 2.82. The average Bonchev–Trinajstić information content (AvgIpc) is 2.61. The second-order valence-corrected chi connectivity index (χ2v) is 5.27. The molecule has 24 heavy (non-hydrogen) atoms. The first kappa shape index (κ1) is 17.7. The van der Waals surface area contributed by atoms with Gasteiger partial charge in [0.15, 0.2) is 17.6 Å². The Hall–Kier alpha value is -2.69. The molecule has 1 N–H and O–H groups in total. The molecule has 0 heterocycles. The van der Waals surface area contributed by atoms with Crippen molar-refractivity contribution in [1.29, 1.82) is 0 Å². The summed E-state index contributed by atoms with van der Waals surface area (Å²) in [5.74, 6) is 1.68. The van der Waals surface area contributed by atoms with Crippen LogP contribution in [0.15, 0.2) is 48.5 Å². The molecule has 0 saturated carbocycles. The normalized spacial score (nSPS) is 11.5. The first-order valence-electron chi connectivity index (χ1n) is 7.97. The van der Waals surface area contributed by atoms with Crippen LogP contribution in [0.3, 0.4) is 0 Å². The lowest BCUT2D eigenvalue weighted by Crippen LogP contribution is -2.30. The number of hydrogen-bond donors (Lipinski definition) is 1. The minimum atomic E-state index is -0.655. The van der Waals surface area contributed by atoms with Crippen molar-refractivity contribution in [2.75, 3.05) is 19.0 Å². The molecule has 2 aromatic carbocycles. The molecule has 1 atom stereocenters. The fourth-order valence-corrected chi connectivity index (χ4v) is 2.06. The molecule has 0 saturated heterocycles. The zero-order valence-electron chi connectivity index (χ0n) is 14.2. The molecule has 0 spiro atoms. The first-order chi connectivity index (χ1) is 11.6. The SMILES string of the molecule is CCCOc1ccc(NC(=O)C(C)Oc2ccccc2OC)cc1. The molecule has 0 radical (unpaired) electrons. The van der Waals surface area contributed by atoms with E-state index in [1.807, 2.05) is 24.3 Å². The number of nitrogens with one attached hydrogen (secondary N) is 1. The van der Waals surface area contributed by atoms with Crippen LogP contribution < -0.4 is 19.5 Å². The maximum absolute atomic E-state index is 12.3. The molecular weight excluding hydrogens is 306 g/mol. The monoisotopic (exact) mass is 329 g/mol. The summed E-state index contributed by atoms with van der Waals surface area (Å²) in [6, 6.07) is 14.5. The third kappa shape index (κ3) is 4.91. The van der Waals surface area contributed by atoms with E-state index >= 15 is 0 Å². The summed E-state index contributed by atoms with van der Waals surface area (Å²) in [7, 11) is 1.56. The Kier molecular flexibility index (Phi) is 6.49. The molecule has 0 aliphatic heterocycles. The Bertz CT molecular complexity index is 655. The van der Waals surface area contributed by atoms with Gasteiger partial charge in [-0.05, 0) is 49.7 Å². The minimum Gasteiger partial charge on any atom is -0.494 e. The molecule has 1 amide bonds. The van der Waals surface area contributed by atoms with Gasteiger partial charge in [0.25, 0.3) is 5.91 Å². The van der Waals surface area contributed by atoms with Gasteiger partial charge in [0, 0.05) is 5.69 Å². The van der Waals surface area contributed by atoms with E-state index in [0.29, 0.717) is 23.8 Å². The second-order valence-electron chi connectivity index (χ2n) is 5.27. The summed E-state index contributed by atoms with van der Waals surface area (Å²) in [6.07, 6.45) is 0.299. The summed E-state index contributed by atoms with van der Waals surface area (Å²) in [6.45, 7) is 4.42. The van der Waals surface area contributed by atoms with Gasteiger partial charge in [-0.15, -0.1) is 0 Å². The lowest BCUT2D eigenvalue weighted by molar-refractivity contribution is -0.122. The number of carbonyl (C=O) groups is 1. The van der Waals surface area contributed by atoms with Crippen molar-refractivity contribution < 1.29 is 19.0 Å². The quantitative estimate of drug-likeness (QED) is 0.798. The summed E-state index contributed by atoms with van der Waals surface area (Å²) >= 11 is 0. The number of methoxy groups -OCH3 is 1. The number of benzene rings is 2. The number of anilines is 1. The van der Waals surface area contributed by atoms with E-state index in [1.54, 1.807) is 38.3 Å². The average molecular weight is 329 g/mol. The van der Waals surface area contributed by atoms with Crippen molar-refractivity contribution in [3.05, 3.63) is 48.5 Å². The van der Waals surface area contributed by atoms with Crippen molar-refractivity contribution in [1.82, 2.24) is 0 Å². The van der Waals surface area contributed by atoms with Gasteiger partial charge in [-0.25, -0.2) is 0 Å². The standard InChI is InChI=1S/C19H23NO4/c1-4-13-23-16-11-9-15(10-12-16)20-19(21)14(2)24-18-8-6-5-7-17(18)22-3/h5-12,14H,4,13H2,1-3H3,(H,20,21). The maximum atomic E-state index is 12.3. The van der Waals surface area contributed by atoms with Crippen LogP contribution in [0.5, 0.6) is 17.2 Å². The predicted octanol–water partition coefficient (Wildman–Crippen LogP) is 3.89. The van der Waals surface area contributed by atoms with Crippen LogP contribution in [0.25, 0.3) is 0 Å². The Morgan fingerprint density at radius 1 is 1.08 bits per heavy atom. The molecule has 128 valence electrons. The van der Waals surface area contributed by atoms with Crippen LogP contribution in [0, 0.1) is 0 Å². The fraction of sp³-hybridized carbons (Fsp3) is 0.316. The first-order valence-corrected chi connectivity index (χ1v) is 7.97. The van der Waals surface area contributed by atoms with E-state index < -0.39 is 6.10 Å². The van der Waals surface area contributed by atoms with Crippen LogP contribution in [0.1, 0.15) is 20.3 Å². The van der Waals surface area contributed by atoms with Gasteiger partial charge in [0.2, 0.25) is 0 Å².